The molecule has 6 rings (SSSR count). The first kappa shape index (κ1) is 22.0. The molecular weight excluding hydrogens is 506 g/mol. The molecule has 0 aliphatic carbocycles. The quantitative estimate of drug-likeness (QED) is 0.408. The summed E-state index contributed by atoms with van der Waals surface area (Å²) in [5, 5.41) is 0. The van der Waals surface area contributed by atoms with Gasteiger partial charge in [0.1, 0.15) is 0 Å². The van der Waals surface area contributed by atoms with Crippen LogP contribution in [0.15, 0.2) is 83.3 Å². The van der Waals surface area contributed by atoms with Crippen LogP contribution in [0.2, 0.25) is 0 Å². The highest BCUT2D eigenvalue weighted by molar-refractivity contribution is 9.10. The molecule has 2 saturated heterocycles. The minimum atomic E-state index is -1.40. The number of nitrogens with zero attached hydrogens (tertiary/aromatic N) is 3. The number of hydrogen-bond acceptors (Lipinski definition) is 4. The maximum absolute atomic E-state index is 14.5. The number of piperidine rings is 1. The molecule has 0 bridgehead atoms. The van der Waals surface area contributed by atoms with Gasteiger partial charge in [0.2, 0.25) is 0 Å². The van der Waals surface area contributed by atoms with Crippen molar-refractivity contribution >= 4 is 50.8 Å². The van der Waals surface area contributed by atoms with Gasteiger partial charge in [0.05, 0.1) is 17.4 Å². The van der Waals surface area contributed by atoms with Gasteiger partial charge < -0.3 is 4.90 Å². The Hall–Kier alpha value is -3.45. The molecule has 35 heavy (non-hydrogen) atoms. The number of imide groups is 2. The van der Waals surface area contributed by atoms with E-state index in [0.29, 0.717) is 17.8 Å². The Balaban J connectivity index is 1.59. The van der Waals surface area contributed by atoms with Crippen LogP contribution in [0.1, 0.15) is 24.8 Å². The van der Waals surface area contributed by atoms with Crippen molar-refractivity contribution in [2.45, 2.75) is 31.7 Å². The third-order valence-electron chi connectivity index (χ3n) is 7.48. The normalized spacial score (nSPS) is 21.2. The van der Waals surface area contributed by atoms with E-state index in [9.17, 15) is 14.4 Å². The number of amides is 4. The van der Waals surface area contributed by atoms with E-state index in [2.05, 4.69) is 26.9 Å². The molecule has 3 aliphatic heterocycles. The van der Waals surface area contributed by atoms with Crippen LogP contribution in [-0.2, 0) is 16.0 Å². The molecule has 1 atom stereocenters. The SMILES string of the molecule is O=C1N(c2ccccc2)C(=O)C2(Cc3ccc(Br)cc3N3CCCC[C@@H]32)C(=O)N1c1ccccc1. The molecule has 0 saturated carbocycles. The molecule has 2 fully saturated rings. The van der Waals surface area contributed by atoms with E-state index in [1.807, 2.05) is 24.3 Å². The van der Waals surface area contributed by atoms with Gasteiger partial charge in [0.25, 0.3) is 11.8 Å². The molecule has 1 spiro atoms. The van der Waals surface area contributed by atoms with E-state index in [0.717, 1.165) is 35.1 Å². The predicted octanol–water partition coefficient (Wildman–Crippen LogP) is 5.55. The van der Waals surface area contributed by atoms with Crippen molar-refractivity contribution in [3.8, 4) is 0 Å². The highest BCUT2D eigenvalue weighted by Crippen LogP contribution is 2.50. The van der Waals surface area contributed by atoms with Crippen molar-refractivity contribution in [3.05, 3.63) is 88.9 Å². The minimum absolute atomic E-state index is 0.258. The summed E-state index contributed by atoms with van der Waals surface area (Å²) in [7, 11) is 0. The summed E-state index contributed by atoms with van der Waals surface area (Å²) in [5.74, 6) is -0.868. The summed E-state index contributed by atoms with van der Waals surface area (Å²) in [6, 6.07) is 22.9. The number of barbiturate groups is 1. The van der Waals surface area contributed by atoms with Crippen molar-refractivity contribution in [2.24, 2.45) is 5.41 Å². The number of hydrogen-bond donors (Lipinski definition) is 0. The van der Waals surface area contributed by atoms with E-state index in [1.54, 1.807) is 48.5 Å². The lowest BCUT2D eigenvalue weighted by atomic mass is 9.65. The maximum Gasteiger partial charge on any atom is 0.342 e. The number of rotatable bonds is 2. The molecule has 3 heterocycles. The lowest BCUT2D eigenvalue weighted by Crippen LogP contribution is -2.73. The Bertz CT molecular complexity index is 1270. The highest BCUT2D eigenvalue weighted by atomic mass is 79.9. The fourth-order valence-corrected chi connectivity index (χ4v) is 6.26. The molecule has 0 aromatic heterocycles. The predicted molar refractivity (Wildman–Crippen MR) is 139 cm³/mol. The smallest absolute Gasteiger partial charge is 0.342 e. The van der Waals surface area contributed by atoms with Gasteiger partial charge in [0.15, 0.2) is 5.41 Å². The second-order valence-corrected chi connectivity index (χ2v) is 10.3. The zero-order chi connectivity index (χ0) is 24.2. The number of halogens is 1. The summed E-state index contributed by atoms with van der Waals surface area (Å²) in [6.07, 6.45) is 2.89. The molecule has 3 aromatic carbocycles. The van der Waals surface area contributed by atoms with Crippen molar-refractivity contribution in [3.63, 3.8) is 0 Å². The molecule has 6 nitrogen and oxygen atoms in total. The Kier molecular flexibility index (Phi) is 5.25. The standard InChI is InChI=1S/C28H24BrN3O3/c29-20-15-14-19-18-28(24-13-7-8-16-30(24)23(19)17-20)25(33)31(21-9-3-1-4-10-21)27(35)32(26(28)34)22-11-5-2-6-12-22/h1-6,9-12,14-15,17,24H,7-8,13,16,18H2/t24-/m1/s1. The van der Waals surface area contributed by atoms with Crippen LogP contribution < -0.4 is 14.7 Å². The first-order chi connectivity index (χ1) is 17.0. The summed E-state index contributed by atoms with van der Waals surface area (Å²) in [5.41, 5.74) is 1.55. The molecule has 0 radical (unpaired) electrons. The lowest BCUT2D eigenvalue weighted by Gasteiger charge is -2.55. The van der Waals surface area contributed by atoms with Gasteiger partial charge in [-0.05, 0) is 67.6 Å². The van der Waals surface area contributed by atoms with E-state index < -0.39 is 23.3 Å². The van der Waals surface area contributed by atoms with Gasteiger partial charge in [-0.3, -0.25) is 9.59 Å². The Morgan fingerprint density at radius 3 is 1.97 bits per heavy atom. The molecule has 176 valence electrons. The Morgan fingerprint density at radius 1 is 0.771 bits per heavy atom. The van der Waals surface area contributed by atoms with E-state index in [-0.39, 0.29) is 12.5 Å². The van der Waals surface area contributed by atoms with Crippen LogP contribution in [0, 0.1) is 5.41 Å². The third-order valence-corrected chi connectivity index (χ3v) is 7.97. The first-order valence-corrected chi connectivity index (χ1v) is 12.7. The van der Waals surface area contributed by atoms with E-state index in [4.69, 9.17) is 0 Å². The number of carbonyl (C=O) groups excluding carboxylic acids is 3. The fourth-order valence-electron chi connectivity index (χ4n) is 5.91. The second kappa shape index (κ2) is 8.34. The summed E-state index contributed by atoms with van der Waals surface area (Å²) >= 11 is 3.58. The number of urea groups is 1. The molecule has 3 aromatic rings. The average molecular weight is 530 g/mol. The van der Waals surface area contributed by atoms with Crippen LogP contribution in [0.5, 0.6) is 0 Å². The number of fused-ring (bicyclic) bond motifs is 4. The number of para-hydroxylation sites is 2. The number of carbonyl (C=O) groups is 3. The van der Waals surface area contributed by atoms with Gasteiger partial charge in [-0.15, -0.1) is 0 Å². The molecule has 0 unspecified atom stereocenters. The van der Waals surface area contributed by atoms with Gasteiger partial charge >= 0.3 is 6.03 Å². The van der Waals surface area contributed by atoms with Crippen LogP contribution in [0.25, 0.3) is 0 Å². The molecular formula is C28H24BrN3O3. The van der Waals surface area contributed by atoms with Crippen molar-refractivity contribution in [1.29, 1.82) is 0 Å². The van der Waals surface area contributed by atoms with Crippen molar-refractivity contribution in [1.82, 2.24) is 0 Å². The van der Waals surface area contributed by atoms with Gasteiger partial charge in [-0.25, -0.2) is 14.6 Å². The first-order valence-electron chi connectivity index (χ1n) is 11.9. The monoisotopic (exact) mass is 529 g/mol. The molecule has 0 N–H and O–H groups in total. The molecule has 3 aliphatic rings. The Labute approximate surface area is 212 Å². The van der Waals surface area contributed by atoms with Gasteiger partial charge in [-0.1, -0.05) is 58.4 Å². The topological polar surface area (TPSA) is 60.9 Å². The fraction of sp³-hybridized carbons (Fsp3) is 0.250. The minimum Gasteiger partial charge on any atom is -0.367 e. The van der Waals surface area contributed by atoms with Crippen LogP contribution >= 0.6 is 15.9 Å². The highest BCUT2D eigenvalue weighted by Gasteiger charge is 2.65. The summed E-state index contributed by atoms with van der Waals surface area (Å²) < 4.78 is 0.963. The summed E-state index contributed by atoms with van der Waals surface area (Å²) in [6.45, 7) is 0.765. The molecule has 7 heteroatoms. The average Bonchev–Trinajstić information content (AvgIpc) is 2.89. The zero-order valence-electron chi connectivity index (χ0n) is 19.1. The van der Waals surface area contributed by atoms with Gasteiger partial charge in [0, 0.05) is 16.7 Å². The largest absolute Gasteiger partial charge is 0.367 e. The maximum atomic E-state index is 14.5. The van der Waals surface area contributed by atoms with Gasteiger partial charge in [-0.2, -0.15) is 0 Å². The van der Waals surface area contributed by atoms with Crippen LogP contribution in [-0.4, -0.2) is 30.4 Å². The number of benzene rings is 3. The third kappa shape index (κ3) is 3.25. The lowest BCUT2D eigenvalue weighted by molar-refractivity contribution is -0.143. The van der Waals surface area contributed by atoms with Crippen LogP contribution in [0.4, 0.5) is 21.9 Å². The number of anilines is 3. The Morgan fingerprint density at radius 2 is 1.37 bits per heavy atom. The zero-order valence-corrected chi connectivity index (χ0v) is 20.6. The van der Waals surface area contributed by atoms with E-state index >= 15 is 0 Å². The van der Waals surface area contributed by atoms with E-state index in [1.165, 1.54) is 9.80 Å². The van der Waals surface area contributed by atoms with Crippen LogP contribution in [0.3, 0.4) is 0 Å². The second-order valence-electron chi connectivity index (χ2n) is 9.36. The van der Waals surface area contributed by atoms with Crippen molar-refractivity contribution < 1.29 is 14.4 Å². The summed E-state index contributed by atoms with van der Waals surface area (Å²) in [4.78, 5) is 47.4. The molecule has 4 amide bonds. The van der Waals surface area contributed by atoms with Crippen molar-refractivity contribution in [2.75, 3.05) is 21.2 Å².